The number of carboxylic acid groups (broad SMARTS) is 1. The molecule has 1 aromatic heterocycles. The molecule has 3 heterocycles. The molecule has 113 heavy (non-hydrogen) atoms. The van der Waals surface area contributed by atoms with Crippen LogP contribution in [-0.4, -0.2) is 167 Å². The number of nitrogens with two attached hydrogens (primary N) is 1. The third-order valence-corrected chi connectivity index (χ3v) is 17.8. The van der Waals surface area contributed by atoms with Crippen LogP contribution in [0, 0.1) is 28.6 Å². The molecule has 2 aliphatic heterocycles. The lowest BCUT2D eigenvalue weighted by atomic mass is 9.79. The van der Waals surface area contributed by atoms with Gasteiger partial charge >= 0.3 is 42.4 Å². The zero-order valence-corrected chi connectivity index (χ0v) is 70.0. The van der Waals surface area contributed by atoms with Crippen molar-refractivity contribution in [3.8, 4) is 0 Å². The van der Waals surface area contributed by atoms with Gasteiger partial charge in [-0.25, -0.2) is 20.4 Å². The van der Waals surface area contributed by atoms with E-state index < -0.39 is 150 Å². The Kier molecular flexibility index (Phi) is 35.4. The minimum Gasteiger partial charge on any atom is -0.481 e. The molecular formula is C76H100Cl6F6N10O15. The summed E-state index contributed by atoms with van der Waals surface area (Å²) in [5.41, 5.74) is 8.10. The van der Waals surface area contributed by atoms with E-state index in [2.05, 4.69) is 26.5 Å². The number of ketones is 1. The van der Waals surface area contributed by atoms with E-state index in [4.69, 9.17) is 94.3 Å². The van der Waals surface area contributed by atoms with Crippen LogP contribution in [0.15, 0.2) is 78.9 Å². The normalized spacial score (nSPS) is 17.1. The second-order valence-electron chi connectivity index (χ2n) is 31.0. The van der Waals surface area contributed by atoms with Crippen LogP contribution < -0.4 is 37.9 Å². The van der Waals surface area contributed by atoms with Crippen molar-refractivity contribution in [3.63, 3.8) is 0 Å². The van der Waals surface area contributed by atoms with Crippen molar-refractivity contribution in [2.45, 2.75) is 216 Å². The van der Waals surface area contributed by atoms with E-state index in [0.29, 0.717) is 59.5 Å². The largest absolute Gasteiger partial charge is 0.481 e. The number of allylic oxidation sites excluding steroid dienone is 1. The molecule has 8 atom stereocenters. The molecule has 0 saturated carbocycles. The second kappa shape index (κ2) is 40.9. The molecule has 3 aromatic carbocycles. The van der Waals surface area contributed by atoms with E-state index in [1.165, 1.54) is 74.1 Å². The van der Waals surface area contributed by atoms with Gasteiger partial charge in [0, 0.05) is 36.2 Å². The first kappa shape index (κ1) is 97.9. The number of hydrogen-bond donors (Lipinski definition) is 8. The van der Waals surface area contributed by atoms with Crippen molar-refractivity contribution in [2.75, 3.05) is 26.3 Å². The summed E-state index contributed by atoms with van der Waals surface area (Å²) in [4.78, 5) is 129. The van der Waals surface area contributed by atoms with Crippen LogP contribution in [0.5, 0.6) is 0 Å². The van der Waals surface area contributed by atoms with E-state index >= 15 is 0 Å². The summed E-state index contributed by atoms with van der Waals surface area (Å²) in [6, 6.07) is 8.17. The summed E-state index contributed by atoms with van der Waals surface area (Å²) in [6.07, 6.45) is -3.83. The van der Waals surface area contributed by atoms with Gasteiger partial charge in [-0.1, -0.05) is 164 Å². The van der Waals surface area contributed by atoms with Crippen molar-refractivity contribution in [1.29, 1.82) is 0 Å². The van der Waals surface area contributed by atoms with Crippen molar-refractivity contribution >= 4 is 163 Å². The number of esters is 2. The van der Waals surface area contributed by atoms with Crippen LogP contribution in [-0.2, 0) is 57.3 Å². The third-order valence-electron chi connectivity index (χ3n) is 17.1. The highest BCUT2D eigenvalue weighted by atomic mass is 35.6. The number of hydrogen-bond acceptors (Lipinski definition) is 18. The monoisotopic (exact) mass is 1720 g/mol. The molecule has 0 aliphatic carbocycles. The summed E-state index contributed by atoms with van der Waals surface area (Å²) >= 11 is 33.6. The van der Waals surface area contributed by atoms with Crippen LogP contribution in [0.4, 0.5) is 35.9 Å². The number of nitrogens with zero attached hydrogens (tertiary/aromatic N) is 3. The van der Waals surface area contributed by atoms with E-state index in [1.807, 2.05) is 24.5 Å². The number of aliphatic carboxylic acids is 1. The van der Waals surface area contributed by atoms with Gasteiger partial charge in [-0.3, -0.25) is 53.4 Å². The number of nitrogens with one attached hydrogen (secondary N) is 6. The van der Waals surface area contributed by atoms with Crippen molar-refractivity contribution in [1.82, 2.24) is 47.1 Å². The van der Waals surface area contributed by atoms with Crippen molar-refractivity contribution < 1.29 is 98.3 Å². The Morgan fingerprint density at radius 3 is 1.42 bits per heavy atom. The Labute approximate surface area is 682 Å². The Balaban J connectivity index is 0.000000396. The van der Waals surface area contributed by atoms with Crippen LogP contribution in [0.2, 0.25) is 0 Å². The number of rotatable bonds is 24. The molecule has 6 rings (SSSR count). The van der Waals surface area contributed by atoms with Gasteiger partial charge in [0.1, 0.15) is 54.4 Å². The number of alkyl carbamates (subject to hydrolysis) is 2. The molecule has 0 spiro atoms. The zero-order valence-electron chi connectivity index (χ0n) is 65.4. The number of carbonyl (C=O) groups excluding carboxylic acids is 9. The maximum Gasteiger partial charge on any atom is 0.414 e. The average Bonchev–Trinajstić information content (AvgIpc) is 0.800. The third kappa shape index (κ3) is 33.0. The number of benzene rings is 3. The van der Waals surface area contributed by atoms with Gasteiger partial charge < -0.3 is 51.1 Å². The topological polar surface area (TPSA) is 345 Å². The van der Waals surface area contributed by atoms with E-state index in [1.54, 1.807) is 124 Å². The molecule has 0 radical (unpaired) electrons. The molecule has 37 heteroatoms. The van der Waals surface area contributed by atoms with Gasteiger partial charge in [-0.15, -0.1) is 0 Å². The van der Waals surface area contributed by atoms with Crippen LogP contribution >= 0.6 is 69.6 Å². The predicted molar refractivity (Wildman–Crippen MR) is 420 cm³/mol. The molecule has 4 aromatic rings. The molecule has 0 unspecified atom stereocenters. The number of hydrazine groups is 2. The predicted octanol–water partition coefficient (Wildman–Crippen LogP) is 14.5. The fourth-order valence-corrected chi connectivity index (χ4v) is 11.0. The fraction of sp³-hybridized carbons (Fsp3) is 0.566. The van der Waals surface area contributed by atoms with E-state index in [9.17, 15) is 79.4 Å². The quantitative estimate of drug-likeness (QED) is 0.0140. The Morgan fingerprint density at radius 2 is 0.982 bits per heavy atom. The van der Waals surface area contributed by atoms with Gasteiger partial charge in [0.2, 0.25) is 19.4 Å². The molecule has 6 amide bonds. The van der Waals surface area contributed by atoms with Gasteiger partial charge in [-0.05, 0) is 172 Å². The molecule has 9 N–H and O–H groups in total. The first-order chi connectivity index (χ1) is 51.7. The lowest BCUT2D eigenvalue weighted by Crippen LogP contribution is -2.60. The Bertz CT molecular complexity index is 4090. The minimum atomic E-state index is -4.86. The fourth-order valence-electron chi connectivity index (χ4n) is 10.6. The number of fused-ring (bicyclic) bond motifs is 2. The number of aromatic nitrogens is 1. The van der Waals surface area contributed by atoms with Crippen molar-refractivity contribution in [3.05, 3.63) is 101 Å². The first-order valence-electron chi connectivity index (χ1n) is 35.9. The number of carboxylic acids is 1. The summed E-state index contributed by atoms with van der Waals surface area (Å²) in [5, 5.41) is 22.6. The van der Waals surface area contributed by atoms with Gasteiger partial charge in [-0.2, -0.15) is 26.3 Å². The summed E-state index contributed by atoms with van der Waals surface area (Å²) in [6.45, 7) is 25.8. The standard InChI is InChI=1S/C38H49Cl3F3N5O7.C23H26F3NO4.C15H25Cl3N4O4/c1-21(2)25(31(51)45-22(3)32(52)49-17-9-10-27(48-49)33(53)55-20-37(39,40)41)19-29(50)36(7,8)16-15-23-11-12-24-13-14-26(46-28(24)18-23)30(38(42,43)44)47-34(54)56-35(4,5)6;1-21(2,3)31-20(30)27-18(23(24,25)26)16-9-8-15-7-6-14(12-17(15)13-16)10-11-22(4,5)19(28)29;1-8(2)11(19)12(23)20-9(3)13(24)22-6-4-5-10(21-22)14(25)26-7-15(16,17)18/h11-16,18,21-22,25,27,30,48H,9-10,17,19-20H2,1-8H3,(H,45,51)(H,47,54);6-13,18H,1-5H3,(H,27,30)(H,28,29);8-11,21H,4-7,19H2,1-3H3,(H,20,23)/b16-15+;11-10+;/t22-,25-,27-,30-;18-;9-,10-,11-/m000/s1. The van der Waals surface area contributed by atoms with Crippen molar-refractivity contribution in [2.24, 2.45) is 34.3 Å². The Hall–Kier alpha value is -7.49. The van der Waals surface area contributed by atoms with Gasteiger partial charge in [0.25, 0.3) is 11.8 Å². The summed E-state index contributed by atoms with van der Waals surface area (Å²) in [5.74, 6) is -5.49. The van der Waals surface area contributed by atoms with E-state index in [-0.39, 0.29) is 54.2 Å². The van der Waals surface area contributed by atoms with Crippen LogP contribution in [0.25, 0.3) is 33.8 Å². The minimum absolute atomic E-state index is 0.0533. The highest BCUT2D eigenvalue weighted by Crippen LogP contribution is 2.37. The lowest BCUT2D eigenvalue weighted by molar-refractivity contribution is -0.158. The van der Waals surface area contributed by atoms with Crippen LogP contribution in [0.3, 0.4) is 0 Å². The number of carbonyl (C=O) groups is 10. The maximum atomic E-state index is 14.0. The number of alkyl halides is 12. The molecule has 0 bridgehead atoms. The summed E-state index contributed by atoms with van der Waals surface area (Å²) < 4.78 is 99.6. The molecule has 2 saturated heterocycles. The van der Waals surface area contributed by atoms with Crippen LogP contribution in [0.1, 0.15) is 177 Å². The lowest BCUT2D eigenvalue weighted by Gasteiger charge is -2.34. The highest BCUT2D eigenvalue weighted by Gasteiger charge is 2.46. The Morgan fingerprint density at radius 1 is 0.558 bits per heavy atom. The number of Topliss-reactive ketones (excluding diaryl/α,β-unsaturated/α-hetero) is 1. The molecule has 2 aliphatic rings. The second-order valence-corrected chi connectivity index (χ2v) is 36.0. The molecule has 25 nitrogen and oxygen atoms in total. The smallest absolute Gasteiger partial charge is 0.414 e. The van der Waals surface area contributed by atoms with Gasteiger partial charge in [0.15, 0.2) is 12.1 Å². The van der Waals surface area contributed by atoms with Gasteiger partial charge in [0.05, 0.1) is 22.7 Å². The number of amides is 6. The molecule has 2 fully saturated rings. The highest BCUT2D eigenvalue weighted by molar-refractivity contribution is 6.68. The SMILES string of the molecule is CC(C)(C)OC(=O)N[C@@H](c1ccc2ccc(/C=C/C(C)(C)C(=O)O)cc2c1)C(F)(F)F.CC(C)[C@H](CC(=O)C(C)(C)/C=C/c1ccc2ccc([C@H](NC(=O)OC(C)(C)C)C(F)(F)F)nc2c1)C(=O)N[C@@H](C)C(=O)N1CCC[C@@H](C(=O)OCC(Cl)(Cl)Cl)N1.CC(C)[C@H](N)C(=O)N[C@@H](C)C(=O)N1CCC[C@@H](C(=O)OCC(Cl)(Cl)Cl)N1. The zero-order chi connectivity index (χ0) is 86.1. The number of halogens is 12. The number of ether oxygens (including phenoxy) is 4. The number of pyridine rings is 1. The maximum absolute atomic E-state index is 14.0. The van der Waals surface area contributed by atoms with E-state index in [0.717, 1.165) is 0 Å². The molecule has 628 valence electrons. The summed E-state index contributed by atoms with van der Waals surface area (Å²) in [7, 11) is 0. The molecular weight excluding hydrogens is 1620 g/mol. The first-order valence-corrected chi connectivity index (χ1v) is 38.1. The average molecular weight is 1720 g/mol.